The third-order valence-electron chi connectivity index (χ3n) is 3.22. The van der Waals surface area contributed by atoms with E-state index in [1.54, 1.807) is 7.05 Å². The second-order valence-corrected chi connectivity index (χ2v) is 4.51. The maximum atomic E-state index is 11.2. The lowest BCUT2D eigenvalue weighted by Gasteiger charge is -2.33. The molecule has 0 unspecified atom stereocenters. The zero-order valence-electron chi connectivity index (χ0n) is 11.2. The van der Waals surface area contributed by atoms with Crippen molar-refractivity contribution in [3.63, 3.8) is 0 Å². The number of rotatable bonds is 7. The van der Waals surface area contributed by atoms with E-state index in [-0.39, 0.29) is 5.91 Å². The molecule has 5 heteroatoms. The second kappa shape index (κ2) is 8.44. The van der Waals surface area contributed by atoms with Crippen LogP contribution in [0.1, 0.15) is 13.3 Å². The maximum absolute atomic E-state index is 11.2. The molecule has 0 aromatic carbocycles. The number of carbonyl (C=O) groups excluding carboxylic acids is 1. The van der Waals surface area contributed by atoms with Crippen molar-refractivity contribution >= 4 is 5.91 Å². The van der Waals surface area contributed by atoms with Crippen molar-refractivity contribution in [1.29, 1.82) is 0 Å². The summed E-state index contributed by atoms with van der Waals surface area (Å²) >= 11 is 0. The Morgan fingerprint density at radius 3 is 2.41 bits per heavy atom. The summed E-state index contributed by atoms with van der Waals surface area (Å²) in [5, 5.41) is 5.75. The zero-order valence-corrected chi connectivity index (χ0v) is 11.2. The minimum Gasteiger partial charge on any atom is -0.355 e. The Balaban J connectivity index is 1.98. The Bertz CT molecular complexity index is 215. The monoisotopic (exact) mass is 242 g/mol. The molecular weight excluding hydrogens is 216 g/mol. The fourth-order valence-corrected chi connectivity index (χ4v) is 2.08. The molecule has 0 bridgehead atoms. The van der Waals surface area contributed by atoms with E-state index in [0.717, 1.165) is 39.1 Å². The van der Waals surface area contributed by atoms with Gasteiger partial charge in [-0.1, -0.05) is 6.92 Å². The molecular formula is C12H26N4O. The maximum Gasteiger partial charge on any atom is 0.233 e. The van der Waals surface area contributed by atoms with Gasteiger partial charge in [0.05, 0.1) is 6.54 Å². The van der Waals surface area contributed by atoms with Crippen molar-refractivity contribution in [2.75, 3.05) is 59.4 Å². The summed E-state index contributed by atoms with van der Waals surface area (Å²) in [6.45, 7) is 10.4. The van der Waals surface area contributed by atoms with Crippen LogP contribution in [-0.2, 0) is 4.79 Å². The fourth-order valence-electron chi connectivity index (χ4n) is 2.08. The smallest absolute Gasteiger partial charge is 0.233 e. The molecule has 1 aliphatic heterocycles. The molecule has 1 rings (SSSR count). The SMILES string of the molecule is CCN1CCN(CCCNC(=O)CNC)CC1. The number of piperazine rings is 1. The summed E-state index contributed by atoms with van der Waals surface area (Å²) in [4.78, 5) is 16.1. The number of amides is 1. The first-order valence-corrected chi connectivity index (χ1v) is 6.62. The molecule has 1 saturated heterocycles. The Morgan fingerprint density at radius 2 is 1.82 bits per heavy atom. The van der Waals surface area contributed by atoms with E-state index in [4.69, 9.17) is 0 Å². The van der Waals surface area contributed by atoms with Crippen LogP contribution in [0.15, 0.2) is 0 Å². The van der Waals surface area contributed by atoms with E-state index in [9.17, 15) is 4.79 Å². The van der Waals surface area contributed by atoms with Crippen molar-refractivity contribution in [1.82, 2.24) is 20.4 Å². The summed E-state index contributed by atoms with van der Waals surface area (Å²) in [7, 11) is 1.78. The summed E-state index contributed by atoms with van der Waals surface area (Å²) in [5.74, 6) is 0.0864. The van der Waals surface area contributed by atoms with Crippen LogP contribution in [0.25, 0.3) is 0 Å². The van der Waals surface area contributed by atoms with Crippen molar-refractivity contribution in [3.05, 3.63) is 0 Å². The predicted octanol–water partition coefficient (Wildman–Crippen LogP) is -0.650. The number of likely N-dealkylation sites (N-methyl/N-ethyl adjacent to an activating group) is 2. The van der Waals surface area contributed by atoms with Gasteiger partial charge in [-0.05, 0) is 26.6 Å². The molecule has 100 valence electrons. The lowest BCUT2D eigenvalue weighted by Crippen LogP contribution is -2.46. The number of carbonyl (C=O) groups is 1. The normalized spacial score (nSPS) is 18.2. The first kappa shape index (κ1) is 14.4. The number of nitrogens with one attached hydrogen (secondary N) is 2. The van der Waals surface area contributed by atoms with E-state index >= 15 is 0 Å². The molecule has 0 saturated carbocycles. The molecule has 0 aromatic rings. The van der Waals surface area contributed by atoms with Crippen molar-refractivity contribution < 1.29 is 4.79 Å². The Hall–Kier alpha value is -0.650. The van der Waals surface area contributed by atoms with Gasteiger partial charge in [-0.2, -0.15) is 0 Å². The summed E-state index contributed by atoms with van der Waals surface area (Å²) in [6.07, 6.45) is 1.04. The highest BCUT2D eigenvalue weighted by atomic mass is 16.1. The summed E-state index contributed by atoms with van der Waals surface area (Å²) in [5.41, 5.74) is 0. The molecule has 0 aromatic heterocycles. The van der Waals surface area contributed by atoms with Crippen LogP contribution in [0.2, 0.25) is 0 Å². The number of nitrogens with zero attached hydrogens (tertiary/aromatic N) is 2. The molecule has 0 atom stereocenters. The van der Waals surface area contributed by atoms with Gasteiger partial charge in [-0.15, -0.1) is 0 Å². The minimum absolute atomic E-state index is 0.0864. The number of hydrogen-bond acceptors (Lipinski definition) is 4. The van der Waals surface area contributed by atoms with Crippen LogP contribution in [0.3, 0.4) is 0 Å². The van der Waals surface area contributed by atoms with Gasteiger partial charge in [0, 0.05) is 32.7 Å². The Kier molecular flexibility index (Phi) is 7.16. The first-order chi connectivity index (χ1) is 8.26. The van der Waals surface area contributed by atoms with Crippen LogP contribution in [0.5, 0.6) is 0 Å². The highest BCUT2D eigenvalue weighted by Gasteiger charge is 2.14. The standard InChI is InChI=1S/C12H26N4O/c1-3-15-7-9-16(10-8-15)6-4-5-14-12(17)11-13-2/h13H,3-11H2,1-2H3,(H,14,17). The molecule has 1 fully saturated rings. The van der Waals surface area contributed by atoms with E-state index in [1.807, 2.05) is 0 Å². The molecule has 5 nitrogen and oxygen atoms in total. The highest BCUT2D eigenvalue weighted by molar-refractivity contribution is 5.77. The van der Waals surface area contributed by atoms with Gasteiger partial charge < -0.3 is 20.4 Å². The lowest BCUT2D eigenvalue weighted by atomic mass is 10.3. The molecule has 0 radical (unpaired) electrons. The first-order valence-electron chi connectivity index (χ1n) is 6.62. The van der Waals surface area contributed by atoms with Crippen molar-refractivity contribution in [3.8, 4) is 0 Å². The van der Waals surface area contributed by atoms with Gasteiger partial charge in [0.2, 0.25) is 5.91 Å². The minimum atomic E-state index is 0.0864. The van der Waals surface area contributed by atoms with Crippen LogP contribution in [0.4, 0.5) is 0 Å². The summed E-state index contributed by atoms with van der Waals surface area (Å²) < 4.78 is 0. The van der Waals surface area contributed by atoms with E-state index in [0.29, 0.717) is 6.54 Å². The average molecular weight is 242 g/mol. The second-order valence-electron chi connectivity index (χ2n) is 4.51. The third kappa shape index (κ3) is 6.00. The Morgan fingerprint density at radius 1 is 1.18 bits per heavy atom. The van der Waals surface area contributed by atoms with Gasteiger partial charge in [0.25, 0.3) is 0 Å². The molecule has 0 spiro atoms. The zero-order chi connectivity index (χ0) is 12.5. The highest BCUT2D eigenvalue weighted by Crippen LogP contribution is 2.01. The van der Waals surface area contributed by atoms with Crippen LogP contribution in [0, 0.1) is 0 Å². The van der Waals surface area contributed by atoms with Gasteiger partial charge in [0.1, 0.15) is 0 Å². The van der Waals surface area contributed by atoms with Gasteiger partial charge in [0.15, 0.2) is 0 Å². The van der Waals surface area contributed by atoms with E-state index in [1.165, 1.54) is 13.1 Å². The van der Waals surface area contributed by atoms with Crippen LogP contribution >= 0.6 is 0 Å². The van der Waals surface area contributed by atoms with Gasteiger partial charge >= 0.3 is 0 Å². The molecule has 17 heavy (non-hydrogen) atoms. The molecule has 1 heterocycles. The topological polar surface area (TPSA) is 47.6 Å². The Labute approximate surface area is 105 Å². The molecule has 1 amide bonds. The third-order valence-corrected chi connectivity index (χ3v) is 3.22. The fraction of sp³-hybridized carbons (Fsp3) is 0.917. The largest absolute Gasteiger partial charge is 0.355 e. The average Bonchev–Trinajstić information content (AvgIpc) is 2.36. The predicted molar refractivity (Wildman–Crippen MR) is 70.1 cm³/mol. The quantitative estimate of drug-likeness (QED) is 0.583. The molecule has 1 aliphatic rings. The molecule has 0 aliphatic carbocycles. The van der Waals surface area contributed by atoms with Crippen LogP contribution < -0.4 is 10.6 Å². The molecule has 2 N–H and O–H groups in total. The van der Waals surface area contributed by atoms with E-state index in [2.05, 4.69) is 27.4 Å². The van der Waals surface area contributed by atoms with E-state index < -0.39 is 0 Å². The van der Waals surface area contributed by atoms with Gasteiger partial charge in [-0.3, -0.25) is 4.79 Å². The van der Waals surface area contributed by atoms with Crippen molar-refractivity contribution in [2.45, 2.75) is 13.3 Å². The van der Waals surface area contributed by atoms with Gasteiger partial charge in [-0.25, -0.2) is 0 Å². The lowest BCUT2D eigenvalue weighted by molar-refractivity contribution is -0.120. The van der Waals surface area contributed by atoms with Crippen molar-refractivity contribution in [2.24, 2.45) is 0 Å². The van der Waals surface area contributed by atoms with Crippen LogP contribution in [-0.4, -0.2) is 75.1 Å². The summed E-state index contributed by atoms with van der Waals surface area (Å²) in [6, 6.07) is 0. The number of hydrogen-bond donors (Lipinski definition) is 2.